The number of aromatic nitrogens is 2. The molecular formula is C22H30ClN5O. The van der Waals surface area contributed by atoms with Crippen LogP contribution in [0.1, 0.15) is 33.7 Å². The topological polar surface area (TPSA) is 64.3 Å². The van der Waals surface area contributed by atoms with E-state index in [1.165, 1.54) is 0 Å². The average molecular weight is 416 g/mol. The highest BCUT2D eigenvalue weighted by atomic mass is 35.5. The largest absolute Gasteiger partial charge is 0.385 e. The molecule has 1 aromatic heterocycles. The van der Waals surface area contributed by atoms with Gasteiger partial charge in [0.1, 0.15) is 0 Å². The molecule has 29 heavy (non-hydrogen) atoms. The SMILES string of the molecule is Cc1ccc(NCCCN2CC3CN(C(=O)c4c(C)n[nH]c4C)CC3C2)cc1Cl. The molecule has 2 unspecified atom stereocenters. The molecule has 0 saturated carbocycles. The van der Waals surface area contributed by atoms with Crippen LogP contribution in [0.4, 0.5) is 5.69 Å². The van der Waals surface area contributed by atoms with Crippen molar-refractivity contribution in [1.82, 2.24) is 20.0 Å². The maximum atomic E-state index is 12.9. The molecule has 0 radical (unpaired) electrons. The minimum atomic E-state index is 0.135. The zero-order chi connectivity index (χ0) is 20.5. The number of carbonyl (C=O) groups is 1. The van der Waals surface area contributed by atoms with Gasteiger partial charge in [-0.15, -0.1) is 0 Å². The molecule has 6 nitrogen and oxygen atoms in total. The Morgan fingerprint density at radius 1 is 1.21 bits per heavy atom. The first-order chi connectivity index (χ1) is 13.9. The van der Waals surface area contributed by atoms with Crippen molar-refractivity contribution in [1.29, 1.82) is 0 Å². The van der Waals surface area contributed by atoms with E-state index < -0.39 is 0 Å². The number of amides is 1. The van der Waals surface area contributed by atoms with Crippen LogP contribution < -0.4 is 5.32 Å². The van der Waals surface area contributed by atoms with Gasteiger partial charge in [-0.2, -0.15) is 5.10 Å². The third-order valence-electron chi connectivity index (χ3n) is 6.34. The molecule has 3 heterocycles. The summed E-state index contributed by atoms with van der Waals surface area (Å²) in [5, 5.41) is 11.4. The van der Waals surface area contributed by atoms with Crippen LogP contribution in [0.15, 0.2) is 18.2 Å². The minimum absolute atomic E-state index is 0.135. The van der Waals surface area contributed by atoms with Crippen LogP contribution in [0.5, 0.6) is 0 Å². The van der Waals surface area contributed by atoms with Gasteiger partial charge in [0.15, 0.2) is 0 Å². The molecule has 7 heteroatoms. The number of nitrogens with one attached hydrogen (secondary N) is 2. The summed E-state index contributed by atoms with van der Waals surface area (Å²) < 4.78 is 0. The van der Waals surface area contributed by atoms with Crippen molar-refractivity contribution < 1.29 is 4.79 Å². The molecule has 2 fully saturated rings. The lowest BCUT2D eigenvalue weighted by Gasteiger charge is -2.22. The van der Waals surface area contributed by atoms with Gasteiger partial charge < -0.3 is 15.1 Å². The Morgan fingerprint density at radius 2 is 1.93 bits per heavy atom. The number of rotatable bonds is 6. The van der Waals surface area contributed by atoms with Crippen molar-refractivity contribution >= 4 is 23.2 Å². The van der Waals surface area contributed by atoms with Crippen LogP contribution >= 0.6 is 11.6 Å². The van der Waals surface area contributed by atoms with Crippen molar-refractivity contribution in [3.05, 3.63) is 45.7 Å². The van der Waals surface area contributed by atoms with Gasteiger partial charge in [-0.25, -0.2) is 0 Å². The first kappa shape index (κ1) is 20.2. The number of anilines is 1. The molecule has 2 aliphatic heterocycles. The number of aryl methyl sites for hydroxylation is 3. The van der Waals surface area contributed by atoms with E-state index in [0.29, 0.717) is 11.8 Å². The van der Waals surface area contributed by atoms with Gasteiger partial charge in [-0.05, 0) is 63.3 Å². The first-order valence-electron chi connectivity index (χ1n) is 10.5. The van der Waals surface area contributed by atoms with Crippen molar-refractivity contribution in [3.8, 4) is 0 Å². The summed E-state index contributed by atoms with van der Waals surface area (Å²) in [6.07, 6.45) is 1.10. The van der Waals surface area contributed by atoms with Crippen LogP contribution in [-0.2, 0) is 0 Å². The summed E-state index contributed by atoms with van der Waals surface area (Å²) in [6.45, 7) is 11.8. The van der Waals surface area contributed by atoms with Crippen molar-refractivity contribution in [3.63, 3.8) is 0 Å². The molecule has 2 aromatic rings. The predicted octanol–water partition coefficient (Wildman–Crippen LogP) is 3.49. The molecule has 156 valence electrons. The van der Waals surface area contributed by atoms with Crippen LogP contribution in [0.2, 0.25) is 5.02 Å². The number of likely N-dealkylation sites (tertiary alicyclic amines) is 2. The van der Waals surface area contributed by atoms with E-state index in [4.69, 9.17) is 11.6 Å². The van der Waals surface area contributed by atoms with Crippen LogP contribution in [0, 0.1) is 32.6 Å². The van der Waals surface area contributed by atoms with E-state index in [9.17, 15) is 4.79 Å². The molecular weight excluding hydrogens is 386 g/mol. The lowest BCUT2D eigenvalue weighted by molar-refractivity contribution is 0.0772. The molecule has 0 spiro atoms. The number of nitrogens with zero attached hydrogens (tertiary/aromatic N) is 3. The lowest BCUT2D eigenvalue weighted by atomic mass is 10.0. The van der Waals surface area contributed by atoms with Gasteiger partial charge in [0.25, 0.3) is 5.91 Å². The Morgan fingerprint density at radius 3 is 2.55 bits per heavy atom. The van der Waals surface area contributed by atoms with Gasteiger partial charge >= 0.3 is 0 Å². The van der Waals surface area contributed by atoms with E-state index >= 15 is 0 Å². The number of aromatic amines is 1. The Kier molecular flexibility index (Phi) is 5.83. The van der Waals surface area contributed by atoms with Gasteiger partial charge in [0, 0.05) is 49.1 Å². The van der Waals surface area contributed by atoms with Crippen LogP contribution in [0.3, 0.4) is 0 Å². The van der Waals surface area contributed by atoms with Crippen LogP contribution in [-0.4, -0.2) is 65.2 Å². The van der Waals surface area contributed by atoms with Crippen molar-refractivity contribution in [2.24, 2.45) is 11.8 Å². The molecule has 2 aliphatic rings. The third-order valence-corrected chi connectivity index (χ3v) is 6.75. The zero-order valence-corrected chi connectivity index (χ0v) is 18.2. The second-order valence-corrected chi connectivity index (χ2v) is 8.95. The summed E-state index contributed by atoms with van der Waals surface area (Å²) in [6, 6.07) is 6.12. The normalized spacial score (nSPS) is 21.6. The van der Waals surface area contributed by atoms with E-state index in [2.05, 4.69) is 26.5 Å². The number of halogens is 1. The molecule has 1 amide bonds. The summed E-state index contributed by atoms with van der Waals surface area (Å²) in [4.78, 5) is 17.5. The predicted molar refractivity (Wildman–Crippen MR) is 117 cm³/mol. The quantitative estimate of drug-likeness (QED) is 0.709. The molecule has 2 atom stereocenters. The second kappa shape index (κ2) is 8.36. The number of carbonyl (C=O) groups excluding carboxylic acids is 1. The molecule has 4 rings (SSSR count). The number of fused-ring (bicyclic) bond motifs is 1. The molecule has 0 bridgehead atoms. The number of benzene rings is 1. The fourth-order valence-electron chi connectivity index (χ4n) is 4.70. The number of hydrogen-bond donors (Lipinski definition) is 2. The maximum absolute atomic E-state index is 12.9. The van der Waals surface area contributed by atoms with Crippen LogP contribution in [0.25, 0.3) is 0 Å². The third kappa shape index (κ3) is 4.28. The van der Waals surface area contributed by atoms with E-state index in [0.717, 1.165) is 78.9 Å². The van der Waals surface area contributed by atoms with Gasteiger partial charge in [0.2, 0.25) is 0 Å². The molecule has 2 N–H and O–H groups in total. The Labute approximate surface area is 177 Å². The second-order valence-electron chi connectivity index (χ2n) is 8.54. The summed E-state index contributed by atoms with van der Waals surface area (Å²) in [7, 11) is 0. The highest BCUT2D eigenvalue weighted by molar-refractivity contribution is 6.31. The highest BCUT2D eigenvalue weighted by Crippen LogP contribution is 2.32. The molecule has 0 aliphatic carbocycles. The van der Waals surface area contributed by atoms with E-state index in [1.807, 2.05) is 37.8 Å². The van der Waals surface area contributed by atoms with Gasteiger partial charge in [-0.1, -0.05) is 17.7 Å². The summed E-state index contributed by atoms with van der Waals surface area (Å²) in [5.41, 5.74) is 4.61. The smallest absolute Gasteiger partial charge is 0.257 e. The summed E-state index contributed by atoms with van der Waals surface area (Å²) >= 11 is 6.19. The highest BCUT2D eigenvalue weighted by Gasteiger charge is 2.42. The maximum Gasteiger partial charge on any atom is 0.257 e. The van der Waals surface area contributed by atoms with Gasteiger partial charge in [0.05, 0.1) is 11.3 Å². The average Bonchev–Trinajstić information content (AvgIpc) is 3.34. The fraction of sp³-hybridized carbons (Fsp3) is 0.545. The lowest BCUT2D eigenvalue weighted by Crippen LogP contribution is -2.34. The molecule has 1 aromatic carbocycles. The Bertz CT molecular complexity index is 862. The van der Waals surface area contributed by atoms with Crippen molar-refractivity contribution in [2.45, 2.75) is 27.2 Å². The first-order valence-corrected chi connectivity index (χ1v) is 10.8. The Balaban J connectivity index is 1.21. The minimum Gasteiger partial charge on any atom is -0.385 e. The fourth-order valence-corrected chi connectivity index (χ4v) is 4.88. The van der Waals surface area contributed by atoms with E-state index in [-0.39, 0.29) is 5.91 Å². The monoisotopic (exact) mass is 415 g/mol. The van der Waals surface area contributed by atoms with E-state index in [1.54, 1.807) is 0 Å². The van der Waals surface area contributed by atoms with Gasteiger partial charge in [-0.3, -0.25) is 9.89 Å². The molecule has 2 saturated heterocycles. The standard InChI is InChI=1S/C22H30ClN5O/c1-14-5-6-19(9-20(14)23)24-7-4-8-27-10-17-12-28(13-18(17)11-27)22(29)21-15(2)25-26-16(21)3/h5-6,9,17-18,24H,4,7-8,10-13H2,1-3H3,(H,25,26). The number of hydrogen-bond acceptors (Lipinski definition) is 4. The zero-order valence-electron chi connectivity index (χ0n) is 17.5. The Hall–Kier alpha value is -2.05. The summed E-state index contributed by atoms with van der Waals surface area (Å²) in [5.74, 6) is 1.32. The van der Waals surface area contributed by atoms with Crippen molar-refractivity contribution in [2.75, 3.05) is 44.6 Å². The number of H-pyrrole nitrogens is 1.